The highest BCUT2D eigenvalue weighted by molar-refractivity contribution is 5.76. The highest BCUT2D eigenvalue weighted by Gasteiger charge is 2.40. The van der Waals surface area contributed by atoms with Crippen molar-refractivity contribution in [1.82, 2.24) is 4.90 Å². The number of nitrogens with zero attached hydrogens (tertiary/aromatic N) is 1. The van der Waals surface area contributed by atoms with Crippen LogP contribution in [0.5, 0.6) is 5.75 Å². The zero-order chi connectivity index (χ0) is 31.2. The summed E-state index contributed by atoms with van der Waals surface area (Å²) in [6, 6.07) is 8.97. The Morgan fingerprint density at radius 3 is 1.93 bits per heavy atom. The van der Waals surface area contributed by atoms with Gasteiger partial charge in [-0.1, -0.05) is 26.0 Å². The smallest absolute Gasteiger partial charge is 0.416 e. The number of benzene rings is 3. The predicted octanol–water partition coefficient (Wildman–Crippen LogP) is 9.24. The Hall–Kier alpha value is -3.90. The third-order valence-electron chi connectivity index (χ3n) is 6.84. The van der Waals surface area contributed by atoms with Crippen molar-refractivity contribution in [2.75, 3.05) is 13.7 Å². The van der Waals surface area contributed by atoms with Gasteiger partial charge in [-0.3, -0.25) is 4.90 Å². The van der Waals surface area contributed by atoms with Crippen molar-refractivity contribution in [2.45, 2.75) is 50.9 Å². The third kappa shape index (κ3) is 6.60. The van der Waals surface area contributed by atoms with Crippen LogP contribution in [-0.4, -0.2) is 24.6 Å². The van der Waals surface area contributed by atoms with Crippen molar-refractivity contribution in [3.63, 3.8) is 0 Å². The van der Waals surface area contributed by atoms with Crippen LogP contribution in [0.1, 0.15) is 59.3 Å². The van der Waals surface area contributed by atoms with E-state index in [-0.39, 0.29) is 23.1 Å². The van der Waals surface area contributed by atoms with Gasteiger partial charge in [0, 0.05) is 12.1 Å². The molecular weight excluding hydrogens is 581 g/mol. The van der Waals surface area contributed by atoms with Crippen molar-refractivity contribution in [2.24, 2.45) is 0 Å². The molecular formula is C29H24F9NO3. The van der Waals surface area contributed by atoms with E-state index in [1.54, 1.807) is 18.2 Å². The monoisotopic (exact) mass is 605 g/mol. The van der Waals surface area contributed by atoms with Crippen LogP contribution in [0.2, 0.25) is 0 Å². The molecule has 3 aromatic rings. The van der Waals surface area contributed by atoms with Gasteiger partial charge in [-0.05, 0) is 70.6 Å². The van der Waals surface area contributed by atoms with Gasteiger partial charge in [-0.15, -0.1) is 0 Å². The molecule has 1 atom stereocenters. The maximum absolute atomic E-state index is 13.6. The molecule has 0 bridgehead atoms. The third-order valence-corrected chi connectivity index (χ3v) is 6.84. The lowest BCUT2D eigenvalue weighted by molar-refractivity contribution is -0.143. The van der Waals surface area contributed by atoms with Crippen LogP contribution in [0.25, 0.3) is 11.1 Å². The maximum atomic E-state index is 13.6. The fraction of sp³-hybridized carbons (Fsp3) is 0.345. The largest absolute Gasteiger partial charge is 0.496 e. The molecule has 226 valence electrons. The number of alkyl halides is 9. The minimum absolute atomic E-state index is 0.0154. The van der Waals surface area contributed by atoms with Crippen molar-refractivity contribution < 1.29 is 53.8 Å². The van der Waals surface area contributed by atoms with Gasteiger partial charge >= 0.3 is 24.6 Å². The lowest BCUT2D eigenvalue weighted by Crippen LogP contribution is -2.24. The van der Waals surface area contributed by atoms with Crippen LogP contribution in [0.15, 0.2) is 54.6 Å². The van der Waals surface area contributed by atoms with Crippen molar-refractivity contribution in [1.29, 1.82) is 0 Å². The van der Waals surface area contributed by atoms with E-state index in [9.17, 15) is 44.3 Å². The number of hydrogen-bond donors (Lipinski definition) is 0. The Morgan fingerprint density at radius 2 is 1.40 bits per heavy atom. The van der Waals surface area contributed by atoms with Gasteiger partial charge in [-0.2, -0.15) is 39.5 Å². The Bertz CT molecular complexity index is 1440. The van der Waals surface area contributed by atoms with Gasteiger partial charge in [0.05, 0.1) is 30.3 Å². The van der Waals surface area contributed by atoms with Crippen molar-refractivity contribution in [3.05, 3.63) is 88.0 Å². The number of hydrogen-bond acceptors (Lipinski definition) is 3. The molecule has 1 fully saturated rings. The summed E-state index contributed by atoms with van der Waals surface area (Å²) in [5.74, 6) is 0.391. The summed E-state index contributed by atoms with van der Waals surface area (Å²) < 4.78 is 132. The van der Waals surface area contributed by atoms with Crippen molar-refractivity contribution in [3.8, 4) is 16.9 Å². The molecule has 0 saturated carbocycles. The summed E-state index contributed by atoms with van der Waals surface area (Å²) in [4.78, 5) is 13.7. The zero-order valence-electron chi connectivity index (χ0n) is 22.3. The second-order valence-electron chi connectivity index (χ2n) is 10.1. The predicted molar refractivity (Wildman–Crippen MR) is 134 cm³/mol. The van der Waals surface area contributed by atoms with E-state index in [2.05, 4.69) is 0 Å². The molecule has 0 spiro atoms. The first-order valence-corrected chi connectivity index (χ1v) is 12.5. The number of cyclic esters (lactones) is 1. The molecule has 1 aliphatic rings. The average Bonchev–Trinajstić information content (AvgIpc) is 3.26. The Labute approximate surface area is 234 Å². The van der Waals surface area contributed by atoms with Gasteiger partial charge in [-0.25, -0.2) is 4.79 Å². The van der Waals surface area contributed by atoms with E-state index in [0.29, 0.717) is 23.4 Å². The first-order chi connectivity index (χ1) is 19.4. The number of amides is 1. The molecule has 1 saturated heterocycles. The fourth-order valence-corrected chi connectivity index (χ4v) is 4.64. The molecule has 13 heteroatoms. The Kier molecular flexibility index (Phi) is 8.18. The SMILES string of the molecule is COc1ccc(C(C)C)cc1-c1ccc(C(F)(F)F)cc1CN1C[C@H](c2cc(C(F)(F)F)cc(C(F)(F)F)c2)OC1=O. The normalized spacial score (nSPS) is 16.3. The Balaban J connectivity index is 1.75. The van der Waals surface area contributed by atoms with Crippen LogP contribution in [0.4, 0.5) is 44.3 Å². The topological polar surface area (TPSA) is 38.8 Å². The van der Waals surface area contributed by atoms with E-state index in [0.717, 1.165) is 22.6 Å². The summed E-state index contributed by atoms with van der Waals surface area (Å²) in [5, 5.41) is 0. The number of rotatable bonds is 6. The molecule has 42 heavy (non-hydrogen) atoms. The summed E-state index contributed by atoms with van der Waals surface area (Å²) in [5.41, 5.74) is -3.15. The van der Waals surface area contributed by atoms with Crippen LogP contribution >= 0.6 is 0 Å². The summed E-state index contributed by atoms with van der Waals surface area (Å²) in [6.07, 6.45) is -17.6. The highest BCUT2D eigenvalue weighted by Crippen LogP contribution is 2.41. The molecule has 0 N–H and O–H groups in total. The van der Waals surface area contributed by atoms with Crippen molar-refractivity contribution >= 4 is 6.09 Å². The lowest BCUT2D eigenvalue weighted by Gasteiger charge is -2.20. The minimum Gasteiger partial charge on any atom is -0.496 e. The molecule has 0 aromatic heterocycles. The van der Waals surface area contributed by atoms with Gasteiger partial charge in [0.2, 0.25) is 0 Å². The van der Waals surface area contributed by atoms with Crippen LogP contribution in [-0.2, 0) is 29.8 Å². The van der Waals surface area contributed by atoms with Crippen LogP contribution in [0, 0.1) is 0 Å². The first-order valence-electron chi connectivity index (χ1n) is 12.5. The number of carbonyl (C=O) groups is 1. The van der Waals surface area contributed by atoms with E-state index >= 15 is 0 Å². The number of carbonyl (C=O) groups excluding carboxylic acids is 1. The number of ether oxygens (including phenoxy) is 2. The van der Waals surface area contributed by atoms with Gasteiger partial charge in [0.25, 0.3) is 0 Å². The molecule has 0 unspecified atom stereocenters. The Morgan fingerprint density at radius 1 is 0.810 bits per heavy atom. The lowest BCUT2D eigenvalue weighted by atomic mass is 9.92. The fourth-order valence-electron chi connectivity index (χ4n) is 4.64. The number of methoxy groups -OCH3 is 1. The summed E-state index contributed by atoms with van der Waals surface area (Å²) in [7, 11) is 1.38. The maximum Gasteiger partial charge on any atom is 0.416 e. The van der Waals surface area contributed by atoms with Gasteiger partial charge < -0.3 is 9.47 Å². The van der Waals surface area contributed by atoms with E-state index in [4.69, 9.17) is 9.47 Å². The molecule has 1 heterocycles. The van der Waals surface area contributed by atoms with E-state index in [1.165, 1.54) is 13.2 Å². The number of halogens is 9. The molecule has 0 radical (unpaired) electrons. The highest BCUT2D eigenvalue weighted by atomic mass is 19.4. The quantitative estimate of drug-likeness (QED) is 0.263. The van der Waals surface area contributed by atoms with Crippen LogP contribution in [0.3, 0.4) is 0 Å². The molecule has 1 aliphatic heterocycles. The second kappa shape index (κ2) is 11.1. The molecule has 0 aliphatic carbocycles. The van der Waals surface area contributed by atoms with Gasteiger partial charge in [0.15, 0.2) is 0 Å². The second-order valence-corrected chi connectivity index (χ2v) is 10.1. The van der Waals surface area contributed by atoms with E-state index in [1.807, 2.05) is 13.8 Å². The molecule has 3 aromatic carbocycles. The van der Waals surface area contributed by atoms with Gasteiger partial charge in [0.1, 0.15) is 11.9 Å². The average molecular weight is 605 g/mol. The standard InChI is InChI=1S/C29H24F9NO3/c1-15(2)16-4-7-24(41-3)23(11-16)22-6-5-19(27(30,31)32)10-18(22)13-39-14-25(42-26(39)40)17-8-20(28(33,34)35)12-21(9-17)29(36,37)38/h4-12,15,25H,13-14H2,1-3H3/t25-/m1/s1. The van der Waals surface area contributed by atoms with E-state index < -0.39 is 66.1 Å². The summed E-state index contributed by atoms with van der Waals surface area (Å²) >= 11 is 0. The molecule has 1 amide bonds. The van der Waals surface area contributed by atoms with Crippen LogP contribution < -0.4 is 4.74 Å². The first kappa shape index (κ1) is 31.0. The molecule has 4 nitrogen and oxygen atoms in total. The molecule has 4 rings (SSSR count). The zero-order valence-corrected chi connectivity index (χ0v) is 22.3. The summed E-state index contributed by atoms with van der Waals surface area (Å²) in [6.45, 7) is 2.85. The minimum atomic E-state index is -5.12.